The maximum Gasteiger partial charge on any atom is 0.235 e. The van der Waals surface area contributed by atoms with E-state index in [9.17, 15) is 13.2 Å². The first kappa shape index (κ1) is 13.9. The Morgan fingerprint density at radius 3 is 2.62 bits per heavy atom. The highest BCUT2D eigenvalue weighted by Gasteiger charge is 2.33. The lowest BCUT2D eigenvalue weighted by molar-refractivity contribution is 0.103. The molecule has 1 saturated heterocycles. The van der Waals surface area contributed by atoms with Crippen molar-refractivity contribution in [3.63, 3.8) is 0 Å². The Morgan fingerprint density at radius 1 is 1.29 bits per heavy atom. The van der Waals surface area contributed by atoms with Crippen LogP contribution in [0.25, 0.3) is 0 Å². The molecule has 2 heterocycles. The van der Waals surface area contributed by atoms with Crippen molar-refractivity contribution in [2.24, 2.45) is 5.92 Å². The topological polar surface area (TPSA) is 47.3 Å². The standard InChI is InChI=1S/C14H13F3N2O2/c15-9-5-10(16)13(11(17)6-9)21-12(8-1-2-18-7-8)14-19-3-4-20-14/h3-6,8,12,18H,1-2,7H2/t8?,12-/m0/s1. The van der Waals surface area contributed by atoms with Crippen molar-refractivity contribution in [1.82, 2.24) is 10.3 Å². The van der Waals surface area contributed by atoms with Gasteiger partial charge in [-0.05, 0) is 13.0 Å². The van der Waals surface area contributed by atoms with Gasteiger partial charge in [0.25, 0.3) is 0 Å². The van der Waals surface area contributed by atoms with Crippen molar-refractivity contribution in [1.29, 1.82) is 0 Å². The van der Waals surface area contributed by atoms with Gasteiger partial charge >= 0.3 is 0 Å². The van der Waals surface area contributed by atoms with Crippen LogP contribution in [0.2, 0.25) is 0 Å². The fraction of sp³-hybridized carbons (Fsp3) is 0.357. The third-order valence-corrected chi connectivity index (χ3v) is 3.43. The van der Waals surface area contributed by atoms with E-state index in [1.54, 1.807) is 0 Å². The summed E-state index contributed by atoms with van der Waals surface area (Å²) in [6, 6.07) is 1.16. The van der Waals surface area contributed by atoms with Crippen LogP contribution in [0, 0.1) is 23.4 Å². The van der Waals surface area contributed by atoms with E-state index in [2.05, 4.69) is 10.3 Å². The maximum atomic E-state index is 13.7. The zero-order valence-corrected chi connectivity index (χ0v) is 11.0. The molecule has 1 unspecified atom stereocenters. The minimum Gasteiger partial charge on any atom is -0.474 e. The van der Waals surface area contributed by atoms with Crippen LogP contribution in [0.15, 0.2) is 29.0 Å². The summed E-state index contributed by atoms with van der Waals surface area (Å²) in [6.07, 6.45) is 2.83. The fourth-order valence-corrected chi connectivity index (χ4v) is 2.43. The lowest BCUT2D eigenvalue weighted by Gasteiger charge is -2.22. The summed E-state index contributed by atoms with van der Waals surface area (Å²) in [4.78, 5) is 4.00. The van der Waals surface area contributed by atoms with Crippen LogP contribution < -0.4 is 10.1 Å². The molecular weight excluding hydrogens is 285 g/mol. The minimum atomic E-state index is -1.09. The Kier molecular flexibility index (Phi) is 3.83. The highest BCUT2D eigenvalue weighted by atomic mass is 19.1. The molecule has 0 bridgehead atoms. The molecule has 0 aliphatic carbocycles. The molecule has 4 nitrogen and oxygen atoms in total. The van der Waals surface area contributed by atoms with Crippen LogP contribution >= 0.6 is 0 Å². The van der Waals surface area contributed by atoms with Crippen molar-refractivity contribution in [2.45, 2.75) is 12.5 Å². The molecule has 2 aromatic rings. The Balaban J connectivity index is 1.91. The number of rotatable bonds is 4. The molecule has 1 aromatic carbocycles. The van der Waals surface area contributed by atoms with Crippen molar-refractivity contribution in [3.8, 4) is 5.75 Å². The molecule has 1 fully saturated rings. The molecule has 1 aliphatic heterocycles. The first-order valence-corrected chi connectivity index (χ1v) is 6.56. The monoisotopic (exact) mass is 298 g/mol. The molecule has 21 heavy (non-hydrogen) atoms. The van der Waals surface area contributed by atoms with E-state index in [-0.39, 0.29) is 11.8 Å². The lowest BCUT2D eigenvalue weighted by atomic mass is 10.0. The van der Waals surface area contributed by atoms with Crippen molar-refractivity contribution < 1.29 is 22.3 Å². The van der Waals surface area contributed by atoms with Crippen molar-refractivity contribution in [2.75, 3.05) is 13.1 Å². The number of nitrogens with one attached hydrogen (secondary N) is 1. The van der Waals surface area contributed by atoms with Gasteiger partial charge < -0.3 is 14.5 Å². The summed E-state index contributed by atoms with van der Waals surface area (Å²) in [5.41, 5.74) is 0. The average molecular weight is 298 g/mol. The second-order valence-corrected chi connectivity index (χ2v) is 4.86. The lowest BCUT2D eigenvalue weighted by Crippen LogP contribution is -2.22. The van der Waals surface area contributed by atoms with E-state index in [1.165, 1.54) is 12.5 Å². The highest BCUT2D eigenvalue weighted by Crippen LogP contribution is 2.34. The number of hydrogen-bond acceptors (Lipinski definition) is 4. The van der Waals surface area contributed by atoms with Gasteiger partial charge in [0, 0.05) is 24.6 Å². The largest absolute Gasteiger partial charge is 0.474 e. The van der Waals surface area contributed by atoms with E-state index in [0.29, 0.717) is 18.7 Å². The molecule has 3 rings (SSSR count). The first-order chi connectivity index (χ1) is 10.1. The Hall–Kier alpha value is -2.02. The second-order valence-electron chi connectivity index (χ2n) is 4.86. The maximum absolute atomic E-state index is 13.7. The van der Waals surface area contributed by atoms with E-state index < -0.39 is 29.3 Å². The summed E-state index contributed by atoms with van der Waals surface area (Å²) in [5.74, 6) is -3.58. The summed E-state index contributed by atoms with van der Waals surface area (Å²) >= 11 is 0. The smallest absolute Gasteiger partial charge is 0.235 e. The van der Waals surface area contributed by atoms with Gasteiger partial charge in [-0.1, -0.05) is 0 Å². The number of oxazole rings is 1. The Labute approximate surface area is 118 Å². The average Bonchev–Trinajstić information content (AvgIpc) is 3.11. The SMILES string of the molecule is Fc1cc(F)c(O[C@H](c2ncco2)C2CCNC2)c(F)c1. The summed E-state index contributed by atoms with van der Waals surface area (Å²) < 4.78 is 51.0. The number of ether oxygens (including phenoxy) is 1. The van der Waals surface area contributed by atoms with Crippen LogP contribution in [0.5, 0.6) is 5.75 Å². The van der Waals surface area contributed by atoms with Crippen LogP contribution in [0.4, 0.5) is 13.2 Å². The molecule has 1 aliphatic rings. The third-order valence-electron chi connectivity index (χ3n) is 3.43. The number of hydrogen-bond donors (Lipinski definition) is 1. The minimum absolute atomic E-state index is 0.0347. The summed E-state index contributed by atoms with van der Waals surface area (Å²) in [6.45, 7) is 1.40. The van der Waals surface area contributed by atoms with Crippen LogP contribution in [0.3, 0.4) is 0 Å². The van der Waals surface area contributed by atoms with Crippen molar-refractivity contribution >= 4 is 0 Å². The van der Waals surface area contributed by atoms with Gasteiger partial charge in [-0.3, -0.25) is 0 Å². The van der Waals surface area contributed by atoms with Crippen LogP contribution in [-0.4, -0.2) is 18.1 Å². The van der Waals surface area contributed by atoms with Gasteiger partial charge in [0.2, 0.25) is 5.89 Å². The van der Waals surface area contributed by atoms with E-state index in [1.807, 2.05) is 0 Å². The zero-order chi connectivity index (χ0) is 14.8. The fourth-order valence-electron chi connectivity index (χ4n) is 2.43. The van der Waals surface area contributed by atoms with E-state index in [4.69, 9.17) is 9.15 Å². The molecule has 1 aromatic heterocycles. The van der Waals surface area contributed by atoms with E-state index >= 15 is 0 Å². The molecular formula is C14H13F3N2O2. The summed E-state index contributed by atoms with van der Waals surface area (Å²) in [5, 5.41) is 3.14. The molecule has 0 spiro atoms. The third kappa shape index (κ3) is 2.87. The van der Waals surface area contributed by atoms with Gasteiger partial charge in [0.05, 0.1) is 6.20 Å². The molecule has 0 amide bonds. The number of benzene rings is 1. The quantitative estimate of drug-likeness (QED) is 0.943. The molecule has 1 N–H and O–H groups in total. The molecule has 0 saturated carbocycles. The number of nitrogens with zero attached hydrogens (tertiary/aromatic N) is 1. The van der Waals surface area contributed by atoms with Crippen molar-refractivity contribution in [3.05, 3.63) is 47.9 Å². The normalized spacial score (nSPS) is 19.7. The van der Waals surface area contributed by atoms with Gasteiger partial charge in [0.1, 0.15) is 12.1 Å². The first-order valence-electron chi connectivity index (χ1n) is 6.56. The Bertz CT molecular complexity index is 590. The predicted octanol–water partition coefficient (Wildman–Crippen LogP) is 2.82. The van der Waals surface area contributed by atoms with Crippen LogP contribution in [0.1, 0.15) is 18.4 Å². The van der Waals surface area contributed by atoms with Gasteiger partial charge in [-0.25, -0.2) is 18.2 Å². The zero-order valence-electron chi connectivity index (χ0n) is 11.0. The van der Waals surface area contributed by atoms with E-state index in [0.717, 1.165) is 13.0 Å². The number of halogens is 3. The van der Waals surface area contributed by atoms with Gasteiger partial charge in [-0.15, -0.1) is 0 Å². The second kappa shape index (κ2) is 5.77. The highest BCUT2D eigenvalue weighted by molar-refractivity contribution is 5.27. The molecule has 112 valence electrons. The predicted molar refractivity (Wildman–Crippen MR) is 67.2 cm³/mol. The number of aromatic nitrogens is 1. The Morgan fingerprint density at radius 2 is 2.05 bits per heavy atom. The molecule has 0 radical (unpaired) electrons. The van der Waals surface area contributed by atoms with Crippen LogP contribution in [-0.2, 0) is 0 Å². The van der Waals surface area contributed by atoms with Gasteiger partial charge in [0.15, 0.2) is 23.5 Å². The molecule has 7 heteroatoms. The summed E-state index contributed by atoms with van der Waals surface area (Å²) in [7, 11) is 0. The van der Waals surface area contributed by atoms with Gasteiger partial charge in [-0.2, -0.15) is 0 Å². The molecule has 2 atom stereocenters.